The second-order valence-electron chi connectivity index (χ2n) is 4.36. The van der Waals surface area contributed by atoms with Gasteiger partial charge in [-0.3, -0.25) is 0 Å². The summed E-state index contributed by atoms with van der Waals surface area (Å²) in [6, 6.07) is -11.5. The Morgan fingerprint density at radius 3 is 1.76 bits per heavy atom. The molecule has 25 heavy (non-hydrogen) atoms. The van der Waals surface area contributed by atoms with Crippen molar-refractivity contribution < 1.29 is 31.5 Å². The first-order chi connectivity index (χ1) is 21.5. The minimum Gasteiger partial charge on any atom is -0.192 e. The van der Waals surface area contributed by atoms with E-state index in [9.17, 15) is 5.26 Å². The van der Waals surface area contributed by atoms with Crippen LogP contribution in [0.4, 0.5) is 0 Å². The van der Waals surface area contributed by atoms with Crippen LogP contribution < -0.4 is 0 Å². The van der Waals surface area contributed by atoms with Crippen LogP contribution in [0.1, 0.15) is 68.6 Å². The summed E-state index contributed by atoms with van der Waals surface area (Å²) in [5.74, 6) is 0. The Morgan fingerprint density at radius 2 is 1.28 bits per heavy atom. The normalized spacial score (nSPS) is 26.4. The number of nitriles is 1. The van der Waals surface area contributed by atoms with E-state index in [4.69, 9.17) is 31.5 Å². The van der Waals surface area contributed by atoms with E-state index in [1.807, 2.05) is 0 Å². The van der Waals surface area contributed by atoms with E-state index in [0.717, 1.165) is 0 Å². The zero-order valence-corrected chi connectivity index (χ0v) is 12.4. The van der Waals surface area contributed by atoms with Gasteiger partial charge >= 0.3 is 0 Å². The summed E-state index contributed by atoms with van der Waals surface area (Å²) in [5.41, 5.74) is -5.48. The lowest BCUT2D eigenvalue weighted by atomic mass is 9.98. The van der Waals surface area contributed by atoms with Crippen molar-refractivity contribution in [3.8, 4) is 28.3 Å². The highest BCUT2D eigenvalue weighted by atomic mass is 14.2. The maximum absolute atomic E-state index is 9.23. The molecule has 0 aliphatic heterocycles. The van der Waals surface area contributed by atoms with Gasteiger partial charge in [0.15, 0.2) is 0 Å². The van der Waals surface area contributed by atoms with Crippen LogP contribution in [0.15, 0.2) is 72.5 Å². The smallest absolute Gasteiger partial charge is 0.0991 e. The van der Waals surface area contributed by atoms with Gasteiger partial charge in [0, 0.05) is 15.1 Å². The van der Waals surface area contributed by atoms with E-state index >= 15 is 0 Å². The Kier molecular flexibility index (Phi) is 1.48. The summed E-state index contributed by atoms with van der Waals surface area (Å²) in [6.07, 6.45) is -16.4. The van der Waals surface area contributed by atoms with Crippen LogP contribution >= 0.6 is 0 Å². The Labute approximate surface area is 182 Å². The van der Waals surface area contributed by atoms with Gasteiger partial charge in [0.05, 0.1) is 28.1 Å². The van der Waals surface area contributed by atoms with E-state index in [1.54, 1.807) is 0 Å². The molecule has 0 saturated heterocycles. The lowest BCUT2D eigenvalue weighted by molar-refractivity contribution is 0.717. The van der Waals surface area contributed by atoms with Crippen molar-refractivity contribution in [1.29, 1.82) is 5.26 Å². The topological polar surface area (TPSA) is 23.8 Å². The molecule has 0 aromatic heterocycles. The fourth-order valence-electron chi connectivity index (χ4n) is 1.68. The molecule has 0 aliphatic rings. The van der Waals surface area contributed by atoms with E-state index in [-0.39, 0.29) is 0 Å². The molecule has 0 N–H and O–H groups in total. The molecule has 0 saturated carbocycles. The summed E-state index contributed by atoms with van der Waals surface area (Å²) in [7, 11) is 0. The molecule has 0 aliphatic carbocycles. The molecule has 0 bridgehead atoms. The zero-order chi connectivity index (χ0) is 37.6. The highest BCUT2D eigenvalue weighted by molar-refractivity contribution is 5.70. The van der Waals surface area contributed by atoms with Crippen molar-refractivity contribution in [2.75, 3.05) is 0 Å². The van der Waals surface area contributed by atoms with Crippen LogP contribution in [0.25, 0.3) is 22.3 Å². The molecule has 3 aromatic carbocycles. The molecule has 0 heterocycles. The van der Waals surface area contributed by atoms with Crippen molar-refractivity contribution in [2.24, 2.45) is 0 Å². The fraction of sp³-hybridized carbons (Fsp3) is 0.208. The van der Waals surface area contributed by atoms with E-state index < -0.39 is 138 Å². The van der Waals surface area contributed by atoms with Gasteiger partial charge in [0.2, 0.25) is 0 Å². The molecule has 124 valence electrons. The Hall–Kier alpha value is -2.85. The van der Waals surface area contributed by atoms with Crippen LogP contribution in [0, 0.1) is 11.3 Å². The van der Waals surface area contributed by atoms with Gasteiger partial charge < -0.3 is 0 Å². The number of benzene rings is 3. The standard InChI is InChI=1S/C24H23N/c1-2-3-4-5-19-6-10-21(11-7-19)23-14-16-24(17-15-23)22-12-8-20(18-25)9-13-22/h6-17H,2-5H2,1H3/i1D3,2D2,3D2,4D2,5D2,6D,7D,8D,9D,10D,11D,12D,13D,14D,15D,16D,17D. The van der Waals surface area contributed by atoms with Crippen LogP contribution in [0.3, 0.4) is 0 Å². The van der Waals surface area contributed by atoms with Crippen molar-refractivity contribution >= 4 is 0 Å². The molecule has 3 aromatic rings. The summed E-state index contributed by atoms with van der Waals surface area (Å²) < 4.78 is 188. The molecule has 1 heteroatoms. The number of hydrogen-bond donors (Lipinski definition) is 0. The molecule has 0 unspecified atom stereocenters. The highest BCUT2D eigenvalue weighted by Gasteiger charge is 2.01. The molecular formula is C24H23N. The average Bonchev–Trinajstić information content (AvgIpc) is 2.96. The van der Waals surface area contributed by atoms with E-state index in [0.29, 0.717) is 0 Å². The third-order valence-electron chi connectivity index (χ3n) is 2.80. The molecule has 0 amide bonds. The Bertz CT molecular complexity index is 1810. The Balaban J connectivity index is 2.43. The first kappa shape index (κ1) is 4.46. The van der Waals surface area contributed by atoms with Crippen molar-refractivity contribution in [3.63, 3.8) is 0 Å². The van der Waals surface area contributed by atoms with Gasteiger partial charge in [-0.25, -0.2) is 0 Å². The largest absolute Gasteiger partial charge is 0.192 e. The fourth-order valence-corrected chi connectivity index (χ4v) is 1.68. The van der Waals surface area contributed by atoms with E-state index in [2.05, 4.69) is 0 Å². The summed E-state index contributed by atoms with van der Waals surface area (Å²) in [5, 5.41) is 9.23. The number of hydrogen-bond acceptors (Lipinski definition) is 1. The predicted molar refractivity (Wildman–Crippen MR) is 105 cm³/mol. The van der Waals surface area contributed by atoms with Gasteiger partial charge in [-0.15, -0.1) is 0 Å². The molecular weight excluding hydrogens is 302 g/mol. The monoisotopic (exact) mass is 348 g/mol. The van der Waals surface area contributed by atoms with Crippen molar-refractivity contribution in [3.05, 3.63) is 83.6 Å². The minimum atomic E-state index is -4.19. The Morgan fingerprint density at radius 1 is 0.800 bits per heavy atom. The van der Waals surface area contributed by atoms with Gasteiger partial charge in [0.1, 0.15) is 0 Å². The molecule has 0 radical (unpaired) electrons. The summed E-state index contributed by atoms with van der Waals surface area (Å²) >= 11 is 0. The van der Waals surface area contributed by atoms with E-state index in [1.165, 1.54) is 6.07 Å². The third kappa shape index (κ3) is 4.37. The molecule has 0 atom stereocenters. The maximum atomic E-state index is 9.23. The van der Waals surface area contributed by atoms with Crippen LogP contribution in [-0.4, -0.2) is 0 Å². The first-order valence-corrected chi connectivity index (χ1v) is 6.72. The summed E-state index contributed by atoms with van der Waals surface area (Å²) in [4.78, 5) is 0. The first-order valence-electron chi connectivity index (χ1n) is 18.2. The average molecular weight is 349 g/mol. The second-order valence-corrected chi connectivity index (χ2v) is 4.36. The maximum Gasteiger partial charge on any atom is 0.0991 e. The van der Waals surface area contributed by atoms with Gasteiger partial charge in [-0.1, -0.05) is 80.0 Å². The third-order valence-corrected chi connectivity index (χ3v) is 2.80. The molecule has 1 nitrogen and oxygen atoms in total. The number of nitrogens with zero attached hydrogens (tertiary/aromatic N) is 1. The lowest BCUT2D eigenvalue weighted by Crippen LogP contribution is -1.86. The van der Waals surface area contributed by atoms with Crippen molar-refractivity contribution in [1.82, 2.24) is 0 Å². The van der Waals surface area contributed by atoms with Gasteiger partial charge in [-0.05, 0) is 52.6 Å². The SMILES string of the molecule is [2H]c1c([2H])c(-c2c([2H])c([2H])c(-c3c([2H])c([2H])c(C([2H])([2H])C([2H])([2H])C([2H])([2H])C([2H])([2H])C([2H])([2H])[2H])c([2H])c3[2H])c([2H])c2[2H])c([2H])c([2H])c1C#N. The molecule has 0 spiro atoms. The number of rotatable bonds is 6. The zero-order valence-electron chi connectivity index (χ0n) is 35.4. The lowest BCUT2D eigenvalue weighted by Gasteiger charge is -2.07. The molecule has 3 rings (SSSR count). The van der Waals surface area contributed by atoms with Crippen LogP contribution in [0.2, 0.25) is 0 Å². The summed E-state index contributed by atoms with van der Waals surface area (Å²) in [6.45, 7) is -3.83. The van der Waals surface area contributed by atoms with Crippen molar-refractivity contribution in [2.45, 2.75) is 32.3 Å². The predicted octanol–water partition coefficient (Wildman–Crippen LogP) is 6.62. The van der Waals surface area contributed by atoms with Crippen LogP contribution in [-0.2, 0) is 6.37 Å². The van der Waals surface area contributed by atoms with Crippen LogP contribution in [0.5, 0.6) is 0 Å². The van der Waals surface area contributed by atoms with Gasteiger partial charge in [-0.2, -0.15) is 5.26 Å². The minimum absolute atomic E-state index is 0.656. The quantitative estimate of drug-likeness (QED) is 0.490. The highest BCUT2D eigenvalue weighted by Crippen LogP contribution is 2.25. The molecule has 0 fully saturated rings. The second kappa shape index (κ2) is 8.31. The van der Waals surface area contributed by atoms with Gasteiger partial charge in [0.25, 0.3) is 0 Å².